The molecule has 0 aromatic carbocycles. The van der Waals surface area contributed by atoms with Gasteiger partial charge in [-0.05, 0) is 26.2 Å². The van der Waals surface area contributed by atoms with Crippen LogP contribution in [0, 0.1) is 6.92 Å². The molecule has 1 N–H and O–H groups in total. The molecule has 1 aliphatic heterocycles. The smallest absolute Gasteiger partial charge is 0.246 e. The van der Waals surface area contributed by atoms with Gasteiger partial charge in [0.25, 0.3) is 0 Å². The Bertz CT molecular complexity index is 550. The lowest BCUT2D eigenvalue weighted by Gasteiger charge is -2.28. The van der Waals surface area contributed by atoms with Gasteiger partial charge in [0.1, 0.15) is 23.0 Å². The SMILES string of the molecule is CCC1CCCCCN1S(=O)(=O)c1cc(CO)oc1C. The van der Waals surface area contributed by atoms with Crippen LogP contribution in [0.4, 0.5) is 0 Å². The summed E-state index contributed by atoms with van der Waals surface area (Å²) in [4.78, 5) is 0.196. The molecule has 0 bridgehead atoms. The minimum Gasteiger partial charge on any atom is -0.462 e. The van der Waals surface area contributed by atoms with Gasteiger partial charge in [0.15, 0.2) is 0 Å². The van der Waals surface area contributed by atoms with Crippen LogP contribution in [0.15, 0.2) is 15.4 Å². The number of sulfonamides is 1. The maximum Gasteiger partial charge on any atom is 0.246 e. The molecule has 6 heteroatoms. The average molecular weight is 301 g/mol. The van der Waals surface area contributed by atoms with Crippen LogP contribution in [0.3, 0.4) is 0 Å². The Morgan fingerprint density at radius 1 is 1.40 bits per heavy atom. The Morgan fingerprint density at radius 3 is 2.75 bits per heavy atom. The zero-order valence-corrected chi connectivity index (χ0v) is 12.9. The summed E-state index contributed by atoms with van der Waals surface area (Å²) in [6, 6.07) is 1.51. The third-order valence-corrected chi connectivity index (χ3v) is 6.02. The summed E-state index contributed by atoms with van der Waals surface area (Å²) in [5.41, 5.74) is 0. The molecule has 2 rings (SSSR count). The first-order chi connectivity index (χ1) is 9.50. The van der Waals surface area contributed by atoms with Crippen LogP contribution in [0.1, 0.15) is 50.5 Å². The fraction of sp³-hybridized carbons (Fsp3) is 0.714. The molecule has 20 heavy (non-hydrogen) atoms. The molecule has 1 aromatic heterocycles. The van der Waals surface area contributed by atoms with E-state index < -0.39 is 10.0 Å². The van der Waals surface area contributed by atoms with Crippen LogP contribution in [-0.2, 0) is 16.6 Å². The quantitative estimate of drug-likeness (QED) is 0.927. The number of hydrogen-bond acceptors (Lipinski definition) is 4. The zero-order chi connectivity index (χ0) is 14.8. The zero-order valence-electron chi connectivity index (χ0n) is 12.1. The van der Waals surface area contributed by atoms with Gasteiger partial charge in [0, 0.05) is 18.7 Å². The molecule has 1 atom stereocenters. The average Bonchev–Trinajstić information content (AvgIpc) is 2.66. The summed E-state index contributed by atoms with van der Waals surface area (Å²) in [5.74, 6) is 0.650. The van der Waals surface area contributed by atoms with Crippen LogP contribution in [0.2, 0.25) is 0 Å². The number of rotatable bonds is 4. The maximum atomic E-state index is 12.8. The van der Waals surface area contributed by atoms with Gasteiger partial charge in [-0.2, -0.15) is 4.31 Å². The van der Waals surface area contributed by atoms with Crippen molar-refractivity contribution in [3.8, 4) is 0 Å². The van der Waals surface area contributed by atoms with Crippen molar-refractivity contribution < 1.29 is 17.9 Å². The van der Waals surface area contributed by atoms with Gasteiger partial charge in [0.05, 0.1) is 0 Å². The lowest BCUT2D eigenvalue weighted by atomic mass is 10.1. The van der Waals surface area contributed by atoms with Crippen LogP contribution >= 0.6 is 0 Å². The number of aryl methyl sites for hydroxylation is 1. The summed E-state index contributed by atoms with van der Waals surface area (Å²) < 4.78 is 32.6. The van der Waals surface area contributed by atoms with E-state index in [1.165, 1.54) is 6.07 Å². The van der Waals surface area contributed by atoms with Crippen molar-refractivity contribution in [2.45, 2.75) is 63.5 Å². The predicted molar refractivity (Wildman–Crippen MR) is 75.8 cm³/mol. The van der Waals surface area contributed by atoms with Crippen LogP contribution < -0.4 is 0 Å². The minimum atomic E-state index is -3.54. The van der Waals surface area contributed by atoms with Gasteiger partial charge < -0.3 is 9.52 Å². The Morgan fingerprint density at radius 2 is 2.15 bits per heavy atom. The number of hydrogen-bond donors (Lipinski definition) is 1. The number of furan rings is 1. The highest BCUT2D eigenvalue weighted by atomic mass is 32.2. The largest absolute Gasteiger partial charge is 0.462 e. The van der Waals surface area contributed by atoms with E-state index in [0.29, 0.717) is 18.1 Å². The fourth-order valence-corrected chi connectivity index (χ4v) is 4.81. The highest BCUT2D eigenvalue weighted by Gasteiger charge is 2.33. The molecule has 1 unspecified atom stereocenters. The summed E-state index contributed by atoms with van der Waals surface area (Å²) in [7, 11) is -3.54. The first-order valence-electron chi connectivity index (χ1n) is 7.22. The Labute approximate surface area is 120 Å². The van der Waals surface area contributed by atoms with Crippen molar-refractivity contribution in [3.05, 3.63) is 17.6 Å². The van der Waals surface area contributed by atoms with E-state index in [4.69, 9.17) is 9.52 Å². The van der Waals surface area contributed by atoms with Gasteiger partial charge in [-0.1, -0.05) is 19.8 Å². The molecule has 1 aliphatic rings. The predicted octanol–water partition coefficient (Wildman–Crippen LogP) is 2.42. The summed E-state index contributed by atoms with van der Waals surface area (Å²) in [6.45, 7) is 3.94. The van der Waals surface area contributed by atoms with Gasteiger partial charge in [-0.15, -0.1) is 0 Å². The Balaban J connectivity index is 2.38. The second kappa shape index (κ2) is 6.28. The molecule has 1 saturated heterocycles. The van der Waals surface area contributed by atoms with E-state index in [1.54, 1.807) is 11.2 Å². The molecule has 0 aliphatic carbocycles. The van der Waals surface area contributed by atoms with Gasteiger partial charge in [-0.25, -0.2) is 8.42 Å². The molecular formula is C14H23NO4S. The Kier molecular flexibility index (Phi) is 4.88. The van der Waals surface area contributed by atoms with Gasteiger partial charge in [0.2, 0.25) is 10.0 Å². The number of aliphatic hydroxyl groups is 1. The van der Waals surface area contributed by atoms with Crippen molar-refractivity contribution in [1.82, 2.24) is 4.31 Å². The van der Waals surface area contributed by atoms with Crippen molar-refractivity contribution in [2.24, 2.45) is 0 Å². The molecule has 0 saturated carbocycles. The molecule has 5 nitrogen and oxygen atoms in total. The highest BCUT2D eigenvalue weighted by molar-refractivity contribution is 7.89. The van der Waals surface area contributed by atoms with Crippen molar-refractivity contribution in [3.63, 3.8) is 0 Å². The van der Waals surface area contributed by atoms with E-state index in [2.05, 4.69) is 0 Å². The first-order valence-corrected chi connectivity index (χ1v) is 8.66. The fourth-order valence-electron chi connectivity index (χ4n) is 2.86. The van der Waals surface area contributed by atoms with Crippen molar-refractivity contribution in [1.29, 1.82) is 0 Å². The van der Waals surface area contributed by atoms with Gasteiger partial charge >= 0.3 is 0 Å². The monoisotopic (exact) mass is 301 g/mol. The standard InChI is InChI=1S/C14H23NO4S/c1-3-12-7-5-4-6-8-15(12)20(17,18)14-9-13(10-16)19-11(14)2/h9,12,16H,3-8,10H2,1-2H3. The molecule has 0 amide bonds. The molecular weight excluding hydrogens is 278 g/mol. The molecule has 114 valence electrons. The molecule has 0 radical (unpaired) electrons. The summed E-state index contributed by atoms with van der Waals surface area (Å²) >= 11 is 0. The summed E-state index contributed by atoms with van der Waals surface area (Å²) in [5, 5.41) is 9.09. The normalized spacial score (nSPS) is 21.9. The second-order valence-corrected chi connectivity index (χ2v) is 7.18. The lowest BCUT2D eigenvalue weighted by molar-refractivity contribution is 0.244. The van der Waals surface area contributed by atoms with Crippen LogP contribution in [-0.4, -0.2) is 30.4 Å². The van der Waals surface area contributed by atoms with Gasteiger partial charge in [-0.3, -0.25) is 0 Å². The third-order valence-electron chi connectivity index (χ3n) is 3.96. The van der Waals surface area contributed by atoms with E-state index >= 15 is 0 Å². The molecule has 1 fully saturated rings. The molecule has 1 aromatic rings. The van der Waals surface area contributed by atoms with Crippen molar-refractivity contribution in [2.75, 3.05) is 6.54 Å². The van der Waals surface area contributed by atoms with Crippen LogP contribution in [0.25, 0.3) is 0 Å². The van der Waals surface area contributed by atoms with Crippen LogP contribution in [0.5, 0.6) is 0 Å². The van der Waals surface area contributed by atoms with Crippen molar-refractivity contribution >= 4 is 10.0 Å². The first kappa shape index (κ1) is 15.5. The lowest BCUT2D eigenvalue weighted by Crippen LogP contribution is -2.39. The molecule has 0 spiro atoms. The highest BCUT2D eigenvalue weighted by Crippen LogP contribution is 2.29. The Hall–Kier alpha value is -0.850. The van der Waals surface area contributed by atoms with E-state index in [9.17, 15) is 8.42 Å². The van der Waals surface area contributed by atoms with E-state index in [1.807, 2.05) is 6.92 Å². The third kappa shape index (κ3) is 2.92. The minimum absolute atomic E-state index is 0.0642. The topological polar surface area (TPSA) is 70.8 Å². The second-order valence-electron chi connectivity index (χ2n) is 5.32. The van der Waals surface area contributed by atoms with E-state index in [-0.39, 0.29) is 17.5 Å². The molecule has 2 heterocycles. The summed E-state index contributed by atoms with van der Waals surface area (Å²) in [6.07, 6.45) is 4.80. The maximum absolute atomic E-state index is 12.8. The number of nitrogens with zero attached hydrogens (tertiary/aromatic N) is 1. The van der Waals surface area contributed by atoms with E-state index in [0.717, 1.165) is 32.1 Å². The number of aliphatic hydroxyl groups excluding tert-OH is 1.